The van der Waals surface area contributed by atoms with Crippen LogP contribution in [0.3, 0.4) is 0 Å². The zero-order chi connectivity index (χ0) is 18.0. The standard InChI is InChI=1S/C17H17N3O5/c1-9-13(14-16(22)19-8-20-17(14)25-9)15(21)18-7-10-4-5-11(23-2)12(6-10)24-3/h4-6,8H,7H2,1-3H3,(H,18,21)(H,19,20,22). The Bertz CT molecular complexity index is 990. The number of nitrogens with zero attached hydrogens (tertiary/aromatic N) is 1. The molecule has 0 atom stereocenters. The van der Waals surface area contributed by atoms with Crippen molar-refractivity contribution in [2.24, 2.45) is 0 Å². The molecule has 0 aliphatic heterocycles. The number of furan rings is 1. The molecule has 0 radical (unpaired) electrons. The number of amides is 1. The van der Waals surface area contributed by atoms with Crippen LogP contribution in [-0.4, -0.2) is 30.1 Å². The van der Waals surface area contributed by atoms with Gasteiger partial charge in [0.25, 0.3) is 11.5 Å². The molecule has 8 heteroatoms. The molecule has 0 bridgehead atoms. The van der Waals surface area contributed by atoms with Gasteiger partial charge in [0.05, 0.1) is 26.1 Å². The van der Waals surface area contributed by atoms with Gasteiger partial charge in [0.1, 0.15) is 11.1 Å². The molecule has 0 saturated carbocycles. The van der Waals surface area contributed by atoms with Gasteiger partial charge in [0.2, 0.25) is 5.71 Å². The van der Waals surface area contributed by atoms with Crippen LogP contribution in [0.25, 0.3) is 11.1 Å². The molecule has 8 nitrogen and oxygen atoms in total. The van der Waals surface area contributed by atoms with Crippen LogP contribution >= 0.6 is 0 Å². The largest absolute Gasteiger partial charge is 0.493 e. The van der Waals surface area contributed by atoms with Crippen molar-refractivity contribution in [3.63, 3.8) is 0 Å². The van der Waals surface area contributed by atoms with Crippen LogP contribution in [-0.2, 0) is 6.54 Å². The highest BCUT2D eigenvalue weighted by atomic mass is 16.5. The van der Waals surface area contributed by atoms with Crippen molar-refractivity contribution in [2.75, 3.05) is 14.2 Å². The summed E-state index contributed by atoms with van der Waals surface area (Å²) in [5.74, 6) is 1.10. The predicted octanol–water partition coefficient (Wildman–Crippen LogP) is 1.77. The summed E-state index contributed by atoms with van der Waals surface area (Å²) in [6, 6.07) is 5.34. The number of benzene rings is 1. The van der Waals surface area contributed by atoms with Gasteiger partial charge in [-0.05, 0) is 24.6 Å². The van der Waals surface area contributed by atoms with Crippen LogP contribution in [0.2, 0.25) is 0 Å². The molecule has 1 amide bonds. The van der Waals surface area contributed by atoms with E-state index >= 15 is 0 Å². The fourth-order valence-corrected chi connectivity index (χ4v) is 2.59. The number of aromatic nitrogens is 2. The number of carbonyl (C=O) groups is 1. The maximum Gasteiger partial charge on any atom is 0.262 e. The van der Waals surface area contributed by atoms with Crippen molar-refractivity contribution in [1.82, 2.24) is 15.3 Å². The summed E-state index contributed by atoms with van der Waals surface area (Å²) in [5, 5.41) is 2.92. The van der Waals surface area contributed by atoms with Gasteiger partial charge in [-0.2, -0.15) is 0 Å². The van der Waals surface area contributed by atoms with Crippen molar-refractivity contribution in [1.29, 1.82) is 0 Å². The second-order valence-electron chi connectivity index (χ2n) is 5.32. The van der Waals surface area contributed by atoms with Gasteiger partial charge in [-0.15, -0.1) is 0 Å². The smallest absolute Gasteiger partial charge is 0.262 e. The van der Waals surface area contributed by atoms with Crippen LogP contribution in [0.15, 0.2) is 33.7 Å². The van der Waals surface area contributed by atoms with Crippen LogP contribution < -0.4 is 20.3 Å². The first-order chi connectivity index (χ1) is 12.0. The summed E-state index contributed by atoms with van der Waals surface area (Å²) >= 11 is 0. The fraction of sp³-hybridized carbons (Fsp3) is 0.235. The second-order valence-corrected chi connectivity index (χ2v) is 5.32. The van der Waals surface area contributed by atoms with Gasteiger partial charge in [0.15, 0.2) is 11.5 Å². The zero-order valence-corrected chi connectivity index (χ0v) is 14.0. The number of hydrogen-bond donors (Lipinski definition) is 2. The molecule has 3 aromatic rings. The Morgan fingerprint density at radius 1 is 1.28 bits per heavy atom. The Hall–Kier alpha value is -3.29. The monoisotopic (exact) mass is 343 g/mol. The van der Waals surface area contributed by atoms with Gasteiger partial charge in [-0.3, -0.25) is 9.59 Å². The highest BCUT2D eigenvalue weighted by molar-refractivity contribution is 6.06. The minimum atomic E-state index is -0.418. The Balaban J connectivity index is 1.84. The molecule has 1 aromatic carbocycles. The van der Waals surface area contributed by atoms with Crippen molar-refractivity contribution in [3.05, 3.63) is 51.8 Å². The van der Waals surface area contributed by atoms with Crippen molar-refractivity contribution < 1.29 is 18.7 Å². The number of aryl methyl sites for hydroxylation is 1. The van der Waals surface area contributed by atoms with Crippen LogP contribution in [0.4, 0.5) is 0 Å². The highest BCUT2D eigenvalue weighted by Gasteiger charge is 2.21. The van der Waals surface area contributed by atoms with E-state index in [9.17, 15) is 9.59 Å². The predicted molar refractivity (Wildman–Crippen MR) is 90.1 cm³/mol. The minimum Gasteiger partial charge on any atom is -0.493 e. The lowest BCUT2D eigenvalue weighted by Gasteiger charge is -2.10. The van der Waals surface area contributed by atoms with E-state index in [0.29, 0.717) is 17.3 Å². The van der Waals surface area contributed by atoms with Crippen LogP contribution in [0.5, 0.6) is 11.5 Å². The summed E-state index contributed by atoms with van der Waals surface area (Å²) < 4.78 is 15.8. The number of H-pyrrole nitrogens is 1. The van der Waals surface area contributed by atoms with Gasteiger partial charge < -0.3 is 24.2 Å². The fourth-order valence-electron chi connectivity index (χ4n) is 2.59. The lowest BCUT2D eigenvalue weighted by molar-refractivity contribution is 0.0950. The van der Waals surface area contributed by atoms with E-state index < -0.39 is 11.5 Å². The first kappa shape index (κ1) is 16.6. The molecule has 130 valence electrons. The Morgan fingerprint density at radius 3 is 2.76 bits per heavy atom. The Morgan fingerprint density at radius 2 is 2.04 bits per heavy atom. The molecular formula is C17H17N3O5. The number of aromatic amines is 1. The molecule has 0 aliphatic rings. The van der Waals surface area contributed by atoms with E-state index in [1.807, 2.05) is 6.07 Å². The van der Waals surface area contributed by atoms with E-state index in [1.165, 1.54) is 6.33 Å². The molecule has 0 unspecified atom stereocenters. The topological polar surface area (TPSA) is 106 Å². The van der Waals surface area contributed by atoms with Crippen molar-refractivity contribution in [3.8, 4) is 11.5 Å². The summed E-state index contributed by atoms with van der Waals surface area (Å²) in [7, 11) is 3.10. The number of hydrogen-bond acceptors (Lipinski definition) is 6. The van der Waals surface area contributed by atoms with Gasteiger partial charge in [-0.1, -0.05) is 6.07 Å². The molecule has 3 rings (SSSR count). The second kappa shape index (κ2) is 6.68. The van der Waals surface area contributed by atoms with Gasteiger partial charge in [0, 0.05) is 6.54 Å². The van der Waals surface area contributed by atoms with Gasteiger partial charge in [-0.25, -0.2) is 4.98 Å². The third-order valence-corrected chi connectivity index (χ3v) is 3.80. The third-order valence-electron chi connectivity index (χ3n) is 3.80. The quantitative estimate of drug-likeness (QED) is 0.731. The van der Waals surface area contributed by atoms with E-state index in [0.717, 1.165) is 5.56 Å². The molecule has 0 spiro atoms. The normalized spacial score (nSPS) is 10.7. The molecule has 2 heterocycles. The van der Waals surface area contributed by atoms with E-state index in [-0.39, 0.29) is 23.2 Å². The number of fused-ring (bicyclic) bond motifs is 1. The first-order valence-corrected chi connectivity index (χ1v) is 7.51. The van der Waals surface area contributed by atoms with Crippen molar-refractivity contribution in [2.45, 2.75) is 13.5 Å². The minimum absolute atomic E-state index is 0.137. The zero-order valence-electron chi connectivity index (χ0n) is 14.0. The number of methoxy groups -OCH3 is 2. The van der Waals surface area contributed by atoms with E-state index in [4.69, 9.17) is 13.9 Å². The lowest BCUT2D eigenvalue weighted by atomic mass is 10.1. The average Bonchev–Trinajstić information content (AvgIpc) is 2.96. The molecular weight excluding hydrogens is 326 g/mol. The summed E-state index contributed by atoms with van der Waals surface area (Å²) in [6.07, 6.45) is 1.24. The number of nitrogens with one attached hydrogen (secondary N) is 2. The number of carbonyl (C=O) groups excluding carboxylic acids is 1. The molecule has 0 fully saturated rings. The highest BCUT2D eigenvalue weighted by Crippen LogP contribution is 2.27. The number of rotatable bonds is 5. The number of ether oxygens (including phenoxy) is 2. The summed E-state index contributed by atoms with van der Waals surface area (Å²) in [4.78, 5) is 30.9. The Labute approximate surface area is 142 Å². The molecule has 0 aliphatic carbocycles. The molecule has 2 N–H and O–H groups in total. The molecule has 0 saturated heterocycles. The Kier molecular flexibility index (Phi) is 4.42. The maximum absolute atomic E-state index is 12.5. The average molecular weight is 343 g/mol. The summed E-state index contributed by atoms with van der Waals surface area (Å²) in [5.41, 5.74) is 0.726. The van der Waals surface area contributed by atoms with Gasteiger partial charge >= 0.3 is 0 Å². The first-order valence-electron chi connectivity index (χ1n) is 7.51. The van der Waals surface area contributed by atoms with Crippen LogP contribution in [0, 0.1) is 6.92 Å². The van der Waals surface area contributed by atoms with Crippen LogP contribution in [0.1, 0.15) is 21.7 Å². The maximum atomic E-state index is 12.5. The third kappa shape index (κ3) is 3.06. The SMILES string of the molecule is COc1ccc(CNC(=O)c2c(C)oc3nc[nH]c(=O)c23)cc1OC. The van der Waals surface area contributed by atoms with E-state index in [2.05, 4.69) is 15.3 Å². The molecule has 2 aromatic heterocycles. The van der Waals surface area contributed by atoms with Crippen molar-refractivity contribution >= 4 is 17.0 Å². The summed E-state index contributed by atoms with van der Waals surface area (Å²) in [6.45, 7) is 1.87. The molecule has 25 heavy (non-hydrogen) atoms. The lowest BCUT2D eigenvalue weighted by Crippen LogP contribution is -2.24. The van der Waals surface area contributed by atoms with E-state index in [1.54, 1.807) is 33.3 Å².